The van der Waals surface area contributed by atoms with E-state index in [2.05, 4.69) is 24.5 Å². The van der Waals surface area contributed by atoms with Crippen LogP contribution in [0.2, 0.25) is 0 Å². The average molecular weight is 242 g/mol. The van der Waals surface area contributed by atoms with Gasteiger partial charge < -0.3 is 15.7 Å². The van der Waals surface area contributed by atoms with E-state index in [4.69, 9.17) is 0 Å². The third-order valence-electron chi connectivity index (χ3n) is 4.11. The lowest BCUT2D eigenvalue weighted by Gasteiger charge is -2.30. The number of hydrogen-bond donors (Lipinski definition) is 3. The van der Waals surface area contributed by atoms with Gasteiger partial charge in [-0.25, -0.2) is 4.79 Å². The highest BCUT2D eigenvalue weighted by molar-refractivity contribution is 5.74. The Morgan fingerprint density at radius 2 is 2.12 bits per heavy atom. The number of amides is 2. The van der Waals surface area contributed by atoms with Gasteiger partial charge in [-0.15, -0.1) is 0 Å². The normalized spacial score (nSPS) is 30.4. The van der Waals surface area contributed by atoms with E-state index in [-0.39, 0.29) is 30.1 Å². The number of rotatable bonds is 4. The standard InChI is InChI=1S/C13H26N2O2/c1-9(2)10(3)14-12(17)15-11-6-5-7-13(11,4)8-16/h9-11,16H,5-8H2,1-4H3,(H2,14,15,17). The summed E-state index contributed by atoms with van der Waals surface area (Å²) in [5.41, 5.74) is -0.154. The highest BCUT2D eigenvalue weighted by atomic mass is 16.3. The summed E-state index contributed by atoms with van der Waals surface area (Å²) in [5.74, 6) is 0.425. The third-order valence-corrected chi connectivity index (χ3v) is 4.11. The molecule has 0 aliphatic heterocycles. The first-order valence-corrected chi connectivity index (χ1v) is 6.57. The first kappa shape index (κ1) is 14.3. The van der Waals surface area contributed by atoms with Gasteiger partial charge in [-0.3, -0.25) is 0 Å². The van der Waals surface area contributed by atoms with Crippen molar-refractivity contribution in [2.45, 2.75) is 59.0 Å². The van der Waals surface area contributed by atoms with E-state index in [0.717, 1.165) is 19.3 Å². The van der Waals surface area contributed by atoms with Gasteiger partial charge in [0.1, 0.15) is 0 Å². The molecule has 0 radical (unpaired) electrons. The smallest absolute Gasteiger partial charge is 0.315 e. The van der Waals surface area contributed by atoms with Crippen LogP contribution in [0.3, 0.4) is 0 Å². The second-order valence-electron chi connectivity index (χ2n) is 5.91. The summed E-state index contributed by atoms with van der Waals surface area (Å²) in [6.45, 7) is 8.34. The molecule has 1 fully saturated rings. The number of nitrogens with one attached hydrogen (secondary N) is 2. The van der Waals surface area contributed by atoms with Gasteiger partial charge in [0, 0.05) is 17.5 Å². The van der Waals surface area contributed by atoms with Gasteiger partial charge in [-0.1, -0.05) is 27.2 Å². The molecule has 0 aromatic carbocycles. The SMILES string of the molecule is CC(C)C(C)NC(=O)NC1CCCC1(C)CO. The molecule has 4 heteroatoms. The van der Waals surface area contributed by atoms with Gasteiger partial charge in [0.15, 0.2) is 0 Å². The Labute approximate surface area is 104 Å². The Morgan fingerprint density at radius 1 is 1.47 bits per heavy atom. The molecule has 1 saturated carbocycles. The van der Waals surface area contributed by atoms with E-state index < -0.39 is 0 Å². The highest BCUT2D eigenvalue weighted by Gasteiger charge is 2.39. The Bertz CT molecular complexity index is 268. The number of hydrogen-bond acceptors (Lipinski definition) is 2. The second kappa shape index (κ2) is 5.71. The molecular formula is C13H26N2O2. The minimum atomic E-state index is -0.154. The molecule has 4 nitrogen and oxygen atoms in total. The molecule has 17 heavy (non-hydrogen) atoms. The van der Waals surface area contributed by atoms with Crippen molar-refractivity contribution in [2.75, 3.05) is 6.61 Å². The van der Waals surface area contributed by atoms with Crippen molar-refractivity contribution in [3.63, 3.8) is 0 Å². The first-order valence-electron chi connectivity index (χ1n) is 6.57. The summed E-state index contributed by atoms with van der Waals surface area (Å²) in [6.07, 6.45) is 3.01. The van der Waals surface area contributed by atoms with Crippen LogP contribution in [0.1, 0.15) is 47.0 Å². The predicted octanol–water partition coefficient (Wildman–Crippen LogP) is 1.88. The fourth-order valence-corrected chi connectivity index (χ4v) is 2.24. The summed E-state index contributed by atoms with van der Waals surface area (Å²) in [5, 5.41) is 15.3. The largest absolute Gasteiger partial charge is 0.396 e. The second-order valence-corrected chi connectivity index (χ2v) is 5.91. The summed E-state index contributed by atoms with van der Waals surface area (Å²) in [6, 6.07) is 0.140. The van der Waals surface area contributed by atoms with Crippen molar-refractivity contribution in [1.82, 2.24) is 10.6 Å². The maximum Gasteiger partial charge on any atom is 0.315 e. The minimum Gasteiger partial charge on any atom is -0.396 e. The number of aliphatic hydroxyl groups is 1. The molecule has 0 aromatic rings. The van der Waals surface area contributed by atoms with Crippen LogP contribution in [0.5, 0.6) is 0 Å². The lowest BCUT2D eigenvalue weighted by atomic mass is 9.86. The van der Waals surface area contributed by atoms with Crippen LogP contribution < -0.4 is 10.6 Å². The predicted molar refractivity (Wildman–Crippen MR) is 68.8 cm³/mol. The molecule has 1 aliphatic carbocycles. The van der Waals surface area contributed by atoms with Gasteiger partial charge in [0.2, 0.25) is 0 Å². The number of carbonyl (C=O) groups is 1. The van der Waals surface area contributed by atoms with Crippen LogP contribution in [0.4, 0.5) is 4.79 Å². The topological polar surface area (TPSA) is 61.4 Å². The molecule has 0 spiro atoms. The minimum absolute atomic E-state index is 0.0897. The van der Waals surface area contributed by atoms with Crippen LogP contribution in [0.25, 0.3) is 0 Å². The highest BCUT2D eigenvalue weighted by Crippen LogP contribution is 2.37. The van der Waals surface area contributed by atoms with E-state index >= 15 is 0 Å². The Kier molecular flexibility index (Phi) is 4.80. The van der Waals surface area contributed by atoms with E-state index in [1.807, 2.05) is 13.8 Å². The lowest BCUT2D eigenvalue weighted by Crippen LogP contribution is -2.51. The summed E-state index contributed by atoms with van der Waals surface area (Å²) in [4.78, 5) is 11.8. The first-order chi connectivity index (χ1) is 7.89. The monoisotopic (exact) mass is 242 g/mol. The van der Waals surface area contributed by atoms with Gasteiger partial charge in [0.25, 0.3) is 0 Å². The molecule has 1 rings (SSSR count). The van der Waals surface area contributed by atoms with Crippen LogP contribution in [-0.2, 0) is 0 Å². The molecule has 3 unspecified atom stereocenters. The fourth-order valence-electron chi connectivity index (χ4n) is 2.24. The van der Waals surface area contributed by atoms with E-state index in [1.54, 1.807) is 0 Å². The zero-order valence-electron chi connectivity index (χ0n) is 11.4. The molecule has 0 aromatic heterocycles. The maximum absolute atomic E-state index is 11.8. The summed E-state index contributed by atoms with van der Waals surface area (Å²) in [7, 11) is 0. The van der Waals surface area contributed by atoms with Gasteiger partial charge >= 0.3 is 6.03 Å². The summed E-state index contributed by atoms with van der Waals surface area (Å²) >= 11 is 0. The maximum atomic E-state index is 11.8. The van der Waals surface area contributed by atoms with Crippen LogP contribution in [-0.4, -0.2) is 29.8 Å². The molecular weight excluding hydrogens is 216 g/mol. The van der Waals surface area contributed by atoms with Crippen LogP contribution in [0.15, 0.2) is 0 Å². The van der Waals surface area contributed by atoms with Gasteiger partial charge in [-0.05, 0) is 25.7 Å². The Hall–Kier alpha value is -0.770. The van der Waals surface area contributed by atoms with Crippen molar-refractivity contribution in [2.24, 2.45) is 11.3 Å². The van der Waals surface area contributed by atoms with E-state index in [9.17, 15) is 9.90 Å². The molecule has 3 N–H and O–H groups in total. The lowest BCUT2D eigenvalue weighted by molar-refractivity contribution is 0.120. The van der Waals surface area contributed by atoms with Crippen molar-refractivity contribution < 1.29 is 9.90 Å². The molecule has 100 valence electrons. The quantitative estimate of drug-likeness (QED) is 0.705. The molecule has 0 heterocycles. The van der Waals surface area contributed by atoms with Gasteiger partial charge in [0.05, 0.1) is 6.61 Å². The Morgan fingerprint density at radius 3 is 2.65 bits per heavy atom. The number of carbonyl (C=O) groups excluding carboxylic acids is 1. The van der Waals surface area contributed by atoms with Crippen molar-refractivity contribution in [1.29, 1.82) is 0 Å². The molecule has 1 aliphatic rings. The molecule has 0 saturated heterocycles. The van der Waals surface area contributed by atoms with Crippen LogP contribution in [0, 0.1) is 11.3 Å². The van der Waals surface area contributed by atoms with E-state index in [0.29, 0.717) is 5.92 Å². The molecule has 0 bridgehead atoms. The van der Waals surface area contributed by atoms with Crippen molar-refractivity contribution in [3.05, 3.63) is 0 Å². The molecule has 3 atom stereocenters. The number of urea groups is 1. The summed E-state index contributed by atoms with van der Waals surface area (Å²) < 4.78 is 0. The van der Waals surface area contributed by atoms with Crippen LogP contribution >= 0.6 is 0 Å². The fraction of sp³-hybridized carbons (Fsp3) is 0.923. The zero-order valence-corrected chi connectivity index (χ0v) is 11.4. The van der Waals surface area contributed by atoms with Crippen molar-refractivity contribution in [3.8, 4) is 0 Å². The van der Waals surface area contributed by atoms with Crippen molar-refractivity contribution >= 4 is 6.03 Å². The van der Waals surface area contributed by atoms with Gasteiger partial charge in [-0.2, -0.15) is 0 Å². The zero-order chi connectivity index (χ0) is 13.1. The van der Waals surface area contributed by atoms with E-state index in [1.165, 1.54) is 0 Å². The number of aliphatic hydroxyl groups excluding tert-OH is 1. The Balaban J connectivity index is 2.46. The average Bonchev–Trinajstić information content (AvgIpc) is 2.61. The molecule has 2 amide bonds. The third kappa shape index (κ3) is 3.60.